The van der Waals surface area contributed by atoms with Crippen molar-refractivity contribution < 1.29 is 5.11 Å². The Labute approximate surface area is 184 Å². The maximum absolute atomic E-state index is 10.7. The van der Waals surface area contributed by atoms with E-state index in [9.17, 15) is 5.11 Å². The smallest absolute Gasteiger partial charge is 0.133 e. The van der Waals surface area contributed by atoms with Crippen LogP contribution in [-0.4, -0.2) is 68.4 Å². The summed E-state index contributed by atoms with van der Waals surface area (Å²) in [6, 6.07) is 6.36. The zero-order chi connectivity index (χ0) is 22.1. The highest BCUT2D eigenvalue weighted by molar-refractivity contribution is 5.77. The van der Waals surface area contributed by atoms with Crippen molar-refractivity contribution in [3.05, 3.63) is 47.2 Å². The molecule has 0 spiro atoms. The molecule has 0 aliphatic carbocycles. The molecule has 0 saturated carbocycles. The Balaban J connectivity index is 1.35. The number of β-amino-alcohol motifs (C(OH)–C–C–N with tert-alkyl or cyclic N) is 1. The van der Waals surface area contributed by atoms with E-state index in [0.717, 1.165) is 54.5 Å². The van der Waals surface area contributed by atoms with Gasteiger partial charge in [-0.2, -0.15) is 0 Å². The minimum absolute atomic E-state index is 0.321. The summed E-state index contributed by atoms with van der Waals surface area (Å²) in [6.07, 6.45) is 1.41. The fourth-order valence-corrected chi connectivity index (χ4v) is 4.20. The number of anilines is 1. The number of aromatic nitrogens is 4. The molecule has 1 fully saturated rings. The molecule has 0 amide bonds. The van der Waals surface area contributed by atoms with Gasteiger partial charge < -0.3 is 14.6 Å². The lowest BCUT2D eigenvalue weighted by Crippen LogP contribution is -2.49. The number of hydrogen-bond acceptors (Lipinski definition) is 6. The first-order chi connectivity index (χ1) is 14.8. The Morgan fingerprint density at radius 3 is 2.35 bits per heavy atom. The third kappa shape index (κ3) is 4.88. The third-order valence-corrected chi connectivity index (χ3v) is 6.18. The fourth-order valence-electron chi connectivity index (χ4n) is 4.20. The number of rotatable bonds is 6. The highest BCUT2D eigenvalue weighted by atomic mass is 16.3. The minimum Gasteiger partial charge on any atom is -0.390 e. The van der Waals surface area contributed by atoms with Crippen LogP contribution in [0.1, 0.15) is 42.4 Å². The average Bonchev–Trinajstić information content (AvgIpc) is 3.09. The van der Waals surface area contributed by atoms with E-state index in [-0.39, 0.29) is 0 Å². The Kier molecular flexibility index (Phi) is 6.25. The quantitative estimate of drug-likeness (QED) is 0.658. The number of aliphatic hydroxyl groups is 1. The zero-order valence-corrected chi connectivity index (χ0v) is 19.3. The highest BCUT2D eigenvalue weighted by Gasteiger charge is 2.21. The van der Waals surface area contributed by atoms with Gasteiger partial charge in [-0.1, -0.05) is 13.8 Å². The summed E-state index contributed by atoms with van der Waals surface area (Å²) in [5, 5.41) is 10.7. The first-order valence-corrected chi connectivity index (χ1v) is 11.2. The number of fused-ring (bicyclic) bond motifs is 1. The van der Waals surface area contributed by atoms with Crippen LogP contribution >= 0.6 is 0 Å². The topological polar surface area (TPSA) is 70.3 Å². The van der Waals surface area contributed by atoms with E-state index in [0.29, 0.717) is 19.0 Å². The third-order valence-electron chi connectivity index (χ3n) is 6.18. The van der Waals surface area contributed by atoms with E-state index in [1.165, 1.54) is 11.1 Å². The van der Waals surface area contributed by atoms with Crippen molar-refractivity contribution in [1.29, 1.82) is 0 Å². The molecule has 7 nitrogen and oxygen atoms in total. The van der Waals surface area contributed by atoms with Crippen molar-refractivity contribution in [3.63, 3.8) is 0 Å². The van der Waals surface area contributed by atoms with Gasteiger partial charge >= 0.3 is 0 Å². The molecule has 7 heteroatoms. The predicted molar refractivity (Wildman–Crippen MR) is 125 cm³/mol. The van der Waals surface area contributed by atoms with Gasteiger partial charge in [-0.3, -0.25) is 4.90 Å². The molecule has 1 aromatic carbocycles. The summed E-state index contributed by atoms with van der Waals surface area (Å²) >= 11 is 0. The molecule has 2 aromatic heterocycles. The molecule has 1 atom stereocenters. The van der Waals surface area contributed by atoms with Crippen molar-refractivity contribution in [1.82, 2.24) is 24.4 Å². The molecule has 3 aromatic rings. The number of aliphatic hydroxyl groups excluding tert-OH is 1. The SMILES string of the molecule is Cc1cc(N2CCN(CC(O)Cn3cnc4cc(C)c(C)cc43)CC2)nc(C(C)C)n1. The Morgan fingerprint density at radius 1 is 0.935 bits per heavy atom. The molecule has 1 aliphatic heterocycles. The van der Waals surface area contributed by atoms with E-state index < -0.39 is 6.10 Å². The van der Waals surface area contributed by atoms with E-state index >= 15 is 0 Å². The van der Waals surface area contributed by atoms with Crippen LogP contribution in [0.25, 0.3) is 11.0 Å². The first kappa shape index (κ1) is 21.7. The lowest BCUT2D eigenvalue weighted by molar-refractivity contribution is 0.0958. The molecule has 1 unspecified atom stereocenters. The number of hydrogen-bond donors (Lipinski definition) is 1. The number of nitrogens with zero attached hydrogens (tertiary/aromatic N) is 6. The van der Waals surface area contributed by atoms with Crippen LogP contribution < -0.4 is 4.90 Å². The Hall–Kier alpha value is -2.51. The number of aryl methyl sites for hydroxylation is 3. The van der Waals surface area contributed by atoms with Gasteiger partial charge in [-0.05, 0) is 44.0 Å². The predicted octanol–water partition coefficient (Wildman–Crippen LogP) is 3.06. The summed E-state index contributed by atoms with van der Waals surface area (Å²) in [4.78, 5) is 18.5. The first-order valence-electron chi connectivity index (χ1n) is 11.2. The van der Waals surface area contributed by atoms with E-state index in [1.54, 1.807) is 0 Å². The second-order valence-electron chi connectivity index (χ2n) is 9.14. The summed E-state index contributed by atoms with van der Waals surface area (Å²) in [7, 11) is 0. The maximum atomic E-state index is 10.7. The van der Waals surface area contributed by atoms with Gasteiger partial charge in [-0.25, -0.2) is 15.0 Å². The van der Waals surface area contributed by atoms with Gasteiger partial charge in [0, 0.05) is 50.4 Å². The van der Waals surface area contributed by atoms with Crippen LogP contribution in [0, 0.1) is 20.8 Å². The lowest BCUT2D eigenvalue weighted by atomic mass is 10.1. The van der Waals surface area contributed by atoms with Crippen LogP contribution in [0.15, 0.2) is 24.5 Å². The van der Waals surface area contributed by atoms with Crippen LogP contribution in [0.4, 0.5) is 5.82 Å². The molecular formula is C24H34N6O. The van der Waals surface area contributed by atoms with Gasteiger partial charge in [0.2, 0.25) is 0 Å². The van der Waals surface area contributed by atoms with Gasteiger partial charge in [0.1, 0.15) is 11.6 Å². The second-order valence-corrected chi connectivity index (χ2v) is 9.14. The summed E-state index contributed by atoms with van der Waals surface area (Å²) in [5.41, 5.74) is 5.59. The molecule has 166 valence electrons. The molecule has 1 N–H and O–H groups in total. The average molecular weight is 423 g/mol. The molecule has 3 heterocycles. The summed E-state index contributed by atoms with van der Waals surface area (Å²) in [5.74, 6) is 2.25. The number of imidazole rings is 1. The molecule has 1 saturated heterocycles. The van der Waals surface area contributed by atoms with Crippen LogP contribution in [-0.2, 0) is 6.54 Å². The van der Waals surface area contributed by atoms with Crippen molar-refractivity contribution in [2.45, 2.75) is 53.2 Å². The standard InChI is InChI=1S/C24H34N6O/c1-16(2)24-26-19(5)12-23(27-24)29-8-6-28(7-9-29)13-20(31)14-30-15-25-21-10-17(3)18(4)11-22(21)30/h10-12,15-16,20,31H,6-9,13-14H2,1-5H3. The number of benzene rings is 1. The van der Waals surface area contributed by atoms with E-state index in [1.807, 2.05) is 13.3 Å². The molecule has 1 aliphatic rings. The Morgan fingerprint density at radius 2 is 1.65 bits per heavy atom. The van der Waals surface area contributed by atoms with E-state index in [2.05, 4.69) is 70.2 Å². The minimum atomic E-state index is -0.431. The van der Waals surface area contributed by atoms with Crippen LogP contribution in [0.5, 0.6) is 0 Å². The summed E-state index contributed by atoms with van der Waals surface area (Å²) in [6.45, 7) is 15.4. The van der Waals surface area contributed by atoms with Gasteiger partial charge in [0.05, 0.1) is 30.0 Å². The molecule has 0 bridgehead atoms. The van der Waals surface area contributed by atoms with Crippen LogP contribution in [0.2, 0.25) is 0 Å². The zero-order valence-electron chi connectivity index (χ0n) is 19.3. The molecular weight excluding hydrogens is 388 g/mol. The van der Waals surface area contributed by atoms with Crippen molar-refractivity contribution >= 4 is 16.9 Å². The highest BCUT2D eigenvalue weighted by Crippen LogP contribution is 2.20. The Bertz CT molecular complexity index is 1050. The normalized spacial score (nSPS) is 16.4. The van der Waals surface area contributed by atoms with Gasteiger partial charge in [0.25, 0.3) is 0 Å². The van der Waals surface area contributed by atoms with Gasteiger partial charge in [0.15, 0.2) is 0 Å². The van der Waals surface area contributed by atoms with E-state index in [4.69, 9.17) is 4.98 Å². The molecule has 31 heavy (non-hydrogen) atoms. The lowest BCUT2D eigenvalue weighted by Gasteiger charge is -2.36. The molecule has 0 radical (unpaired) electrons. The number of piperazine rings is 1. The maximum Gasteiger partial charge on any atom is 0.133 e. The molecule has 4 rings (SSSR count). The summed E-state index contributed by atoms with van der Waals surface area (Å²) < 4.78 is 2.07. The fraction of sp³-hybridized carbons (Fsp3) is 0.542. The van der Waals surface area contributed by atoms with Crippen LogP contribution in [0.3, 0.4) is 0 Å². The van der Waals surface area contributed by atoms with Crippen molar-refractivity contribution in [2.75, 3.05) is 37.6 Å². The van der Waals surface area contributed by atoms with Crippen molar-refractivity contribution in [2.24, 2.45) is 0 Å². The largest absolute Gasteiger partial charge is 0.390 e. The van der Waals surface area contributed by atoms with Crippen molar-refractivity contribution in [3.8, 4) is 0 Å². The van der Waals surface area contributed by atoms with Gasteiger partial charge in [-0.15, -0.1) is 0 Å². The second kappa shape index (κ2) is 8.93. The monoisotopic (exact) mass is 422 g/mol.